The lowest BCUT2D eigenvalue weighted by Crippen LogP contribution is -2.53. The molecule has 2 aliphatic rings. The second-order valence-corrected chi connectivity index (χ2v) is 9.01. The Bertz CT molecular complexity index is 863. The summed E-state index contributed by atoms with van der Waals surface area (Å²) in [4.78, 5) is 40.2. The van der Waals surface area contributed by atoms with Crippen molar-refractivity contribution in [1.29, 1.82) is 0 Å². The second kappa shape index (κ2) is 9.66. The van der Waals surface area contributed by atoms with Crippen LogP contribution in [-0.4, -0.2) is 81.8 Å². The maximum absolute atomic E-state index is 12.7. The van der Waals surface area contributed by atoms with Crippen LogP contribution in [0.5, 0.6) is 0 Å². The lowest BCUT2D eigenvalue weighted by atomic mass is 10.0. The molecule has 0 aliphatic carbocycles. The minimum absolute atomic E-state index is 0.105. The van der Waals surface area contributed by atoms with Gasteiger partial charge in [-0.05, 0) is 38.3 Å². The summed E-state index contributed by atoms with van der Waals surface area (Å²) in [5.74, 6) is 0.334. The van der Waals surface area contributed by atoms with Gasteiger partial charge >= 0.3 is 0 Å². The number of likely N-dealkylation sites (tertiary alicyclic amines) is 1. The number of piperidine rings is 1. The van der Waals surface area contributed by atoms with Crippen LogP contribution in [0, 0.1) is 0 Å². The molecule has 0 radical (unpaired) electrons. The molecule has 2 fully saturated rings. The van der Waals surface area contributed by atoms with E-state index in [2.05, 4.69) is 21.8 Å². The van der Waals surface area contributed by atoms with E-state index in [9.17, 15) is 9.59 Å². The average molecular weight is 428 g/mol. The molecule has 2 aromatic rings. The van der Waals surface area contributed by atoms with Gasteiger partial charge < -0.3 is 9.80 Å². The number of thiazole rings is 1. The van der Waals surface area contributed by atoms with Crippen LogP contribution in [0.1, 0.15) is 31.9 Å². The van der Waals surface area contributed by atoms with E-state index < -0.39 is 0 Å². The summed E-state index contributed by atoms with van der Waals surface area (Å²) in [6.45, 7) is 6.32. The van der Waals surface area contributed by atoms with Crippen molar-refractivity contribution in [2.75, 3.05) is 39.3 Å². The first-order valence-corrected chi connectivity index (χ1v) is 11.6. The van der Waals surface area contributed by atoms with E-state index in [1.54, 1.807) is 12.4 Å². The first-order valence-electron chi connectivity index (χ1n) is 10.7. The zero-order valence-corrected chi connectivity index (χ0v) is 18.3. The summed E-state index contributed by atoms with van der Waals surface area (Å²) >= 11 is 1.54. The predicted molar refractivity (Wildman–Crippen MR) is 117 cm³/mol. The molecule has 0 bridgehead atoms. The summed E-state index contributed by atoms with van der Waals surface area (Å²) in [5.41, 5.74) is 1.78. The maximum atomic E-state index is 12.7. The molecule has 30 heavy (non-hydrogen) atoms. The Morgan fingerprint density at radius 3 is 2.70 bits per heavy atom. The number of hydrogen-bond acceptors (Lipinski definition) is 6. The van der Waals surface area contributed by atoms with Crippen molar-refractivity contribution >= 4 is 23.2 Å². The lowest BCUT2D eigenvalue weighted by Gasteiger charge is -2.38. The van der Waals surface area contributed by atoms with Gasteiger partial charge in [0.05, 0.1) is 18.7 Å². The fraction of sp³-hybridized carbons (Fsp3) is 0.545. The highest BCUT2D eigenvalue weighted by Crippen LogP contribution is 2.23. The minimum atomic E-state index is 0.105. The van der Waals surface area contributed by atoms with Crippen molar-refractivity contribution in [3.63, 3.8) is 0 Å². The molecule has 2 amide bonds. The smallest absolute Gasteiger partial charge is 0.236 e. The first-order chi connectivity index (χ1) is 14.6. The number of aromatic nitrogens is 2. The Labute approximate surface area is 181 Å². The van der Waals surface area contributed by atoms with Crippen molar-refractivity contribution in [1.82, 2.24) is 24.7 Å². The second-order valence-electron chi connectivity index (χ2n) is 8.15. The molecule has 4 heterocycles. The minimum Gasteiger partial charge on any atom is -0.340 e. The number of piperazine rings is 1. The highest BCUT2D eigenvalue weighted by Gasteiger charge is 2.27. The lowest BCUT2D eigenvalue weighted by molar-refractivity contribution is -0.137. The van der Waals surface area contributed by atoms with Crippen molar-refractivity contribution in [3.05, 3.63) is 35.6 Å². The molecule has 2 aromatic heterocycles. The topological polar surface area (TPSA) is 69.6 Å². The van der Waals surface area contributed by atoms with Crippen LogP contribution < -0.4 is 0 Å². The van der Waals surface area contributed by atoms with E-state index >= 15 is 0 Å². The third-order valence-electron chi connectivity index (χ3n) is 6.00. The first kappa shape index (κ1) is 20.9. The van der Waals surface area contributed by atoms with Crippen LogP contribution in [0.2, 0.25) is 0 Å². The Morgan fingerprint density at radius 1 is 1.13 bits per heavy atom. The van der Waals surface area contributed by atoms with Gasteiger partial charge in [0.1, 0.15) is 5.01 Å². The summed E-state index contributed by atoms with van der Waals surface area (Å²) in [5, 5.41) is 2.84. The fourth-order valence-electron chi connectivity index (χ4n) is 4.18. The molecule has 2 aliphatic heterocycles. The molecule has 0 N–H and O–H groups in total. The van der Waals surface area contributed by atoms with Gasteiger partial charge in [-0.3, -0.25) is 19.5 Å². The molecular weight excluding hydrogens is 398 g/mol. The number of nitrogens with zero attached hydrogens (tertiary/aromatic N) is 5. The summed E-state index contributed by atoms with van der Waals surface area (Å²) in [6, 6.07) is 4.21. The largest absolute Gasteiger partial charge is 0.340 e. The van der Waals surface area contributed by atoms with Gasteiger partial charge in [0.25, 0.3) is 0 Å². The van der Waals surface area contributed by atoms with E-state index in [4.69, 9.17) is 0 Å². The molecule has 1 atom stereocenters. The van der Waals surface area contributed by atoms with Gasteiger partial charge in [-0.25, -0.2) is 4.98 Å². The number of carbonyl (C=O) groups is 2. The van der Waals surface area contributed by atoms with Gasteiger partial charge in [0.2, 0.25) is 11.8 Å². The molecule has 7 nitrogen and oxygen atoms in total. The zero-order chi connectivity index (χ0) is 20.9. The number of amides is 2. The summed E-state index contributed by atoms with van der Waals surface area (Å²) in [7, 11) is 0. The summed E-state index contributed by atoms with van der Waals surface area (Å²) in [6.07, 6.45) is 7.28. The molecule has 1 unspecified atom stereocenters. The SMILES string of the molecule is CC1CCCCN1C(=O)CN1CCN(C(=O)Cc2csc(-c3cccnc3)n2)CC1. The summed E-state index contributed by atoms with van der Waals surface area (Å²) < 4.78 is 0. The van der Waals surface area contributed by atoms with Gasteiger partial charge in [0.15, 0.2) is 0 Å². The van der Waals surface area contributed by atoms with Gasteiger partial charge in [-0.1, -0.05) is 0 Å². The molecular formula is C22H29N5O2S. The molecule has 0 saturated carbocycles. The third kappa shape index (κ3) is 5.05. The Hall–Kier alpha value is -2.32. The maximum Gasteiger partial charge on any atom is 0.236 e. The van der Waals surface area contributed by atoms with Gasteiger partial charge in [-0.2, -0.15) is 0 Å². The van der Waals surface area contributed by atoms with Crippen molar-refractivity contribution in [3.8, 4) is 10.6 Å². The van der Waals surface area contributed by atoms with Gasteiger partial charge in [0, 0.05) is 62.1 Å². The van der Waals surface area contributed by atoms with E-state index in [0.29, 0.717) is 32.1 Å². The van der Waals surface area contributed by atoms with Crippen LogP contribution in [0.4, 0.5) is 0 Å². The average Bonchev–Trinajstić information content (AvgIpc) is 3.23. The number of rotatable bonds is 5. The van der Waals surface area contributed by atoms with E-state index in [1.165, 1.54) is 17.8 Å². The Morgan fingerprint density at radius 2 is 1.97 bits per heavy atom. The molecule has 4 rings (SSSR count). The molecule has 0 spiro atoms. The fourth-order valence-corrected chi connectivity index (χ4v) is 4.99. The van der Waals surface area contributed by atoms with Crippen LogP contribution in [0.25, 0.3) is 10.6 Å². The number of carbonyl (C=O) groups excluding carboxylic acids is 2. The Balaban J connectivity index is 1.24. The standard InChI is InChI=1S/C22H29N5O2S/c1-17-5-2-3-8-27(17)21(29)15-25-9-11-26(12-10-25)20(28)13-19-16-30-22(24-19)18-6-4-7-23-14-18/h4,6-7,14,16-17H,2-3,5,8-13,15H2,1H3. The number of hydrogen-bond donors (Lipinski definition) is 0. The van der Waals surface area contributed by atoms with E-state index in [0.717, 1.165) is 48.7 Å². The monoisotopic (exact) mass is 427 g/mol. The number of pyridine rings is 1. The van der Waals surface area contributed by atoms with Crippen molar-refractivity contribution in [2.45, 2.75) is 38.6 Å². The van der Waals surface area contributed by atoms with Crippen LogP contribution in [0.3, 0.4) is 0 Å². The van der Waals surface area contributed by atoms with Crippen molar-refractivity contribution < 1.29 is 9.59 Å². The molecule has 8 heteroatoms. The molecule has 160 valence electrons. The van der Waals surface area contributed by atoms with Gasteiger partial charge in [-0.15, -0.1) is 11.3 Å². The molecule has 0 aromatic carbocycles. The van der Waals surface area contributed by atoms with Crippen LogP contribution in [-0.2, 0) is 16.0 Å². The van der Waals surface area contributed by atoms with Crippen LogP contribution in [0.15, 0.2) is 29.9 Å². The molecule has 2 saturated heterocycles. The predicted octanol–water partition coefficient (Wildman–Crippen LogP) is 2.29. The zero-order valence-electron chi connectivity index (χ0n) is 17.5. The quantitative estimate of drug-likeness (QED) is 0.732. The Kier molecular flexibility index (Phi) is 6.74. The van der Waals surface area contributed by atoms with E-state index in [1.807, 2.05) is 27.3 Å². The van der Waals surface area contributed by atoms with Crippen molar-refractivity contribution in [2.24, 2.45) is 0 Å². The van der Waals surface area contributed by atoms with Crippen LogP contribution >= 0.6 is 11.3 Å². The highest BCUT2D eigenvalue weighted by molar-refractivity contribution is 7.13. The third-order valence-corrected chi connectivity index (χ3v) is 6.94. The normalized spacial score (nSPS) is 20.4. The highest BCUT2D eigenvalue weighted by atomic mass is 32.1. The van der Waals surface area contributed by atoms with E-state index in [-0.39, 0.29) is 11.8 Å².